The number of hydrogen-bond acceptors (Lipinski definition) is 4. The van der Waals surface area contributed by atoms with Gasteiger partial charge in [0.15, 0.2) is 6.61 Å². The standard InChI is InChI=1S/C13H8Br2O3S/c14-9-4-2-1-3-8(9)13(17)18-7-10(16)11-5-6-12(15)19-11/h1-6H,7H2. The van der Waals surface area contributed by atoms with Crippen LogP contribution < -0.4 is 0 Å². The second-order valence-corrected chi connectivity index (χ2v) is 6.90. The number of hydrogen-bond donors (Lipinski definition) is 0. The minimum Gasteiger partial charge on any atom is -0.454 e. The summed E-state index contributed by atoms with van der Waals surface area (Å²) in [6.07, 6.45) is 0. The molecular formula is C13H8Br2O3S. The third kappa shape index (κ3) is 3.75. The van der Waals surface area contributed by atoms with E-state index in [4.69, 9.17) is 4.74 Å². The molecule has 0 fully saturated rings. The minimum atomic E-state index is -0.517. The Labute approximate surface area is 130 Å². The molecule has 0 unspecified atom stereocenters. The Morgan fingerprint density at radius 2 is 1.84 bits per heavy atom. The molecule has 1 aromatic carbocycles. The summed E-state index contributed by atoms with van der Waals surface area (Å²) in [5.74, 6) is -0.729. The number of ether oxygens (including phenoxy) is 1. The van der Waals surface area contributed by atoms with Crippen molar-refractivity contribution in [2.24, 2.45) is 0 Å². The number of rotatable bonds is 4. The van der Waals surface area contributed by atoms with Crippen molar-refractivity contribution in [1.82, 2.24) is 0 Å². The van der Waals surface area contributed by atoms with Gasteiger partial charge in [-0.2, -0.15) is 0 Å². The first kappa shape index (κ1) is 14.4. The van der Waals surface area contributed by atoms with E-state index in [1.807, 2.05) is 0 Å². The van der Waals surface area contributed by atoms with E-state index >= 15 is 0 Å². The summed E-state index contributed by atoms with van der Waals surface area (Å²) in [4.78, 5) is 24.1. The lowest BCUT2D eigenvalue weighted by atomic mass is 10.2. The highest BCUT2D eigenvalue weighted by Crippen LogP contribution is 2.22. The molecule has 2 aromatic rings. The number of thiophene rings is 1. The van der Waals surface area contributed by atoms with Crippen LogP contribution >= 0.6 is 43.2 Å². The van der Waals surface area contributed by atoms with Gasteiger partial charge in [0.05, 0.1) is 14.2 Å². The van der Waals surface area contributed by atoms with Crippen molar-refractivity contribution in [2.75, 3.05) is 6.61 Å². The summed E-state index contributed by atoms with van der Waals surface area (Å²) in [6.45, 7) is -0.257. The van der Waals surface area contributed by atoms with Gasteiger partial charge in [0.25, 0.3) is 0 Å². The predicted octanol–water partition coefficient (Wildman–Crippen LogP) is 4.31. The third-order valence-electron chi connectivity index (χ3n) is 2.28. The van der Waals surface area contributed by atoms with Crippen molar-refractivity contribution in [3.8, 4) is 0 Å². The molecule has 0 atom stereocenters. The molecule has 2 rings (SSSR count). The van der Waals surface area contributed by atoms with Crippen LogP contribution in [-0.4, -0.2) is 18.4 Å². The van der Waals surface area contributed by atoms with Crippen molar-refractivity contribution in [1.29, 1.82) is 0 Å². The molecule has 0 saturated heterocycles. The largest absolute Gasteiger partial charge is 0.454 e. The summed E-state index contributed by atoms with van der Waals surface area (Å²) < 4.78 is 6.52. The molecule has 0 aliphatic heterocycles. The van der Waals surface area contributed by atoms with Crippen LogP contribution in [0.3, 0.4) is 0 Å². The van der Waals surface area contributed by atoms with Gasteiger partial charge >= 0.3 is 5.97 Å². The maximum Gasteiger partial charge on any atom is 0.339 e. The lowest BCUT2D eigenvalue weighted by molar-refractivity contribution is 0.0475. The Kier molecular flexibility index (Phi) is 4.90. The van der Waals surface area contributed by atoms with Gasteiger partial charge in [-0.3, -0.25) is 4.79 Å². The van der Waals surface area contributed by atoms with E-state index in [9.17, 15) is 9.59 Å². The quantitative estimate of drug-likeness (QED) is 0.564. The van der Waals surface area contributed by atoms with Crippen molar-refractivity contribution >= 4 is 54.9 Å². The molecule has 0 amide bonds. The van der Waals surface area contributed by atoms with E-state index in [2.05, 4.69) is 31.9 Å². The lowest BCUT2D eigenvalue weighted by Gasteiger charge is -2.04. The van der Waals surface area contributed by atoms with Gasteiger partial charge in [0.2, 0.25) is 5.78 Å². The van der Waals surface area contributed by atoms with Crippen LogP contribution in [-0.2, 0) is 4.74 Å². The summed E-state index contributed by atoms with van der Waals surface area (Å²) in [6, 6.07) is 10.4. The van der Waals surface area contributed by atoms with Gasteiger partial charge in [-0.25, -0.2) is 4.79 Å². The molecule has 6 heteroatoms. The normalized spacial score (nSPS) is 10.2. The maximum absolute atomic E-state index is 11.8. The molecule has 0 N–H and O–H groups in total. The smallest absolute Gasteiger partial charge is 0.339 e. The van der Waals surface area contributed by atoms with Gasteiger partial charge in [-0.15, -0.1) is 11.3 Å². The van der Waals surface area contributed by atoms with Crippen molar-refractivity contribution in [2.45, 2.75) is 0 Å². The van der Waals surface area contributed by atoms with Crippen LogP contribution in [0.5, 0.6) is 0 Å². The highest BCUT2D eigenvalue weighted by molar-refractivity contribution is 9.11. The molecule has 98 valence electrons. The fraction of sp³-hybridized carbons (Fsp3) is 0.0769. The predicted molar refractivity (Wildman–Crippen MR) is 80.8 cm³/mol. The third-order valence-corrected chi connectivity index (χ3v) is 4.63. The first-order chi connectivity index (χ1) is 9.08. The lowest BCUT2D eigenvalue weighted by Crippen LogP contribution is -2.13. The van der Waals surface area contributed by atoms with Crippen LogP contribution in [0.15, 0.2) is 44.7 Å². The number of carbonyl (C=O) groups excluding carboxylic acids is 2. The number of carbonyl (C=O) groups is 2. The molecule has 0 bridgehead atoms. The molecule has 0 spiro atoms. The second-order valence-electron chi connectivity index (χ2n) is 3.58. The fourth-order valence-corrected chi connectivity index (χ4v) is 3.13. The van der Waals surface area contributed by atoms with Crippen LogP contribution in [0.25, 0.3) is 0 Å². The zero-order valence-electron chi connectivity index (χ0n) is 9.56. The SMILES string of the molecule is O=C(COC(=O)c1ccccc1Br)c1ccc(Br)s1. The van der Waals surface area contributed by atoms with E-state index in [1.54, 1.807) is 36.4 Å². The molecule has 1 heterocycles. The minimum absolute atomic E-state index is 0.212. The number of ketones is 1. The molecule has 0 radical (unpaired) electrons. The van der Waals surface area contributed by atoms with Gasteiger partial charge in [-0.05, 0) is 56.1 Å². The van der Waals surface area contributed by atoms with E-state index in [-0.39, 0.29) is 12.4 Å². The molecule has 0 saturated carbocycles. The van der Waals surface area contributed by atoms with Gasteiger partial charge in [0, 0.05) is 4.47 Å². The van der Waals surface area contributed by atoms with E-state index in [0.29, 0.717) is 14.9 Å². The molecule has 1 aromatic heterocycles. The summed E-state index contributed by atoms with van der Waals surface area (Å²) in [5, 5.41) is 0. The van der Waals surface area contributed by atoms with Gasteiger partial charge in [-0.1, -0.05) is 12.1 Å². The first-order valence-electron chi connectivity index (χ1n) is 5.28. The fourth-order valence-electron chi connectivity index (χ4n) is 1.37. The maximum atomic E-state index is 11.8. The average molecular weight is 404 g/mol. The summed E-state index contributed by atoms with van der Waals surface area (Å²) in [5.41, 5.74) is 0.405. The number of benzene rings is 1. The molecular weight excluding hydrogens is 396 g/mol. The van der Waals surface area contributed by atoms with Crippen LogP contribution in [0.2, 0.25) is 0 Å². The molecule has 0 aliphatic carbocycles. The Morgan fingerprint density at radius 3 is 2.47 bits per heavy atom. The number of esters is 1. The number of Topliss-reactive ketones (excluding diaryl/α,β-unsaturated/α-hetero) is 1. The summed E-state index contributed by atoms with van der Waals surface area (Å²) >= 11 is 7.85. The van der Waals surface area contributed by atoms with Crippen LogP contribution in [0.1, 0.15) is 20.0 Å². The Balaban J connectivity index is 1.98. The van der Waals surface area contributed by atoms with E-state index in [1.165, 1.54) is 11.3 Å². The molecule has 0 aliphatic rings. The highest BCUT2D eigenvalue weighted by atomic mass is 79.9. The van der Waals surface area contributed by atoms with Crippen molar-refractivity contribution < 1.29 is 14.3 Å². The van der Waals surface area contributed by atoms with E-state index < -0.39 is 5.97 Å². The van der Waals surface area contributed by atoms with Crippen molar-refractivity contribution in [3.63, 3.8) is 0 Å². The average Bonchev–Trinajstić information content (AvgIpc) is 2.83. The van der Waals surface area contributed by atoms with Crippen LogP contribution in [0, 0.1) is 0 Å². The zero-order chi connectivity index (χ0) is 13.8. The second kappa shape index (κ2) is 6.45. The first-order valence-corrected chi connectivity index (χ1v) is 7.68. The highest BCUT2D eigenvalue weighted by Gasteiger charge is 2.14. The monoisotopic (exact) mass is 402 g/mol. The summed E-state index contributed by atoms with van der Waals surface area (Å²) in [7, 11) is 0. The van der Waals surface area contributed by atoms with Gasteiger partial charge in [0.1, 0.15) is 0 Å². The Morgan fingerprint density at radius 1 is 1.11 bits per heavy atom. The van der Waals surface area contributed by atoms with Crippen molar-refractivity contribution in [3.05, 3.63) is 55.1 Å². The van der Waals surface area contributed by atoms with Gasteiger partial charge < -0.3 is 4.74 Å². The molecule has 3 nitrogen and oxygen atoms in total. The molecule has 19 heavy (non-hydrogen) atoms. The van der Waals surface area contributed by atoms with E-state index in [0.717, 1.165) is 3.79 Å². The topological polar surface area (TPSA) is 43.4 Å². The Hall–Kier alpha value is -0.980. The zero-order valence-corrected chi connectivity index (χ0v) is 13.5. The number of halogens is 2. The van der Waals surface area contributed by atoms with Crippen LogP contribution in [0.4, 0.5) is 0 Å². The Bertz CT molecular complexity index is 622.